The summed E-state index contributed by atoms with van der Waals surface area (Å²) >= 11 is 0. The Balaban J connectivity index is 1.80. The zero-order valence-corrected chi connectivity index (χ0v) is 14.3. The molecule has 0 spiro atoms. The molecule has 1 aliphatic rings. The summed E-state index contributed by atoms with van der Waals surface area (Å²) in [6.45, 7) is 1.66. The average molecular weight is 352 g/mol. The van der Waals surface area contributed by atoms with E-state index in [4.69, 9.17) is 4.74 Å². The van der Waals surface area contributed by atoms with Gasteiger partial charge in [-0.25, -0.2) is 4.39 Å². The van der Waals surface area contributed by atoms with Gasteiger partial charge in [-0.3, -0.25) is 9.59 Å². The number of aliphatic hydroxyl groups is 1. The molecule has 25 heavy (non-hydrogen) atoms. The highest BCUT2D eigenvalue weighted by Gasteiger charge is 2.32. The van der Waals surface area contributed by atoms with Crippen LogP contribution in [0.5, 0.6) is 0 Å². The van der Waals surface area contributed by atoms with Crippen LogP contribution in [-0.2, 0) is 20.9 Å². The first-order valence-corrected chi connectivity index (χ1v) is 8.59. The number of hydrogen-bond donors (Lipinski definition) is 3. The lowest BCUT2D eigenvalue weighted by molar-refractivity contribution is -0.135. The van der Waals surface area contributed by atoms with Gasteiger partial charge in [0.15, 0.2) is 0 Å². The number of carbonyl (C=O) groups is 2. The molecule has 0 aromatic heterocycles. The lowest BCUT2D eigenvalue weighted by Gasteiger charge is -2.36. The van der Waals surface area contributed by atoms with Gasteiger partial charge in [0.05, 0.1) is 25.2 Å². The third-order valence-electron chi connectivity index (χ3n) is 4.31. The fourth-order valence-electron chi connectivity index (χ4n) is 2.87. The van der Waals surface area contributed by atoms with Crippen LogP contribution in [0.3, 0.4) is 0 Å². The fraction of sp³-hybridized carbons (Fsp3) is 0.556. The molecule has 1 aromatic carbocycles. The predicted molar refractivity (Wildman–Crippen MR) is 90.1 cm³/mol. The molecule has 0 unspecified atom stereocenters. The zero-order valence-electron chi connectivity index (χ0n) is 14.3. The summed E-state index contributed by atoms with van der Waals surface area (Å²) in [4.78, 5) is 23.6. The van der Waals surface area contributed by atoms with Gasteiger partial charge in [-0.2, -0.15) is 0 Å². The Morgan fingerprint density at radius 1 is 1.28 bits per heavy atom. The summed E-state index contributed by atoms with van der Waals surface area (Å²) in [5.74, 6) is -0.680. The van der Waals surface area contributed by atoms with Crippen LogP contribution in [-0.4, -0.2) is 41.8 Å². The monoisotopic (exact) mass is 352 g/mol. The molecule has 1 aliphatic heterocycles. The maximum Gasteiger partial charge on any atom is 0.222 e. The van der Waals surface area contributed by atoms with E-state index in [2.05, 4.69) is 10.6 Å². The number of halogens is 1. The lowest BCUT2D eigenvalue weighted by atomic mass is 9.96. The van der Waals surface area contributed by atoms with E-state index >= 15 is 0 Å². The van der Waals surface area contributed by atoms with Gasteiger partial charge >= 0.3 is 0 Å². The predicted octanol–water partition coefficient (Wildman–Crippen LogP) is 1.27. The summed E-state index contributed by atoms with van der Waals surface area (Å²) in [6.07, 6.45) is 0.914. The molecule has 7 heteroatoms. The van der Waals surface area contributed by atoms with Crippen LogP contribution in [0.4, 0.5) is 4.39 Å². The summed E-state index contributed by atoms with van der Waals surface area (Å²) in [7, 11) is 0. The molecule has 1 heterocycles. The maximum absolute atomic E-state index is 13.5. The number of ether oxygens (including phenoxy) is 1. The van der Waals surface area contributed by atoms with Crippen LogP contribution in [0, 0.1) is 5.82 Å². The van der Waals surface area contributed by atoms with Gasteiger partial charge < -0.3 is 20.5 Å². The van der Waals surface area contributed by atoms with Crippen molar-refractivity contribution >= 4 is 11.8 Å². The van der Waals surface area contributed by atoms with Crippen LogP contribution >= 0.6 is 0 Å². The van der Waals surface area contributed by atoms with Crippen molar-refractivity contribution in [3.63, 3.8) is 0 Å². The molecule has 3 atom stereocenters. The van der Waals surface area contributed by atoms with E-state index < -0.39 is 6.10 Å². The van der Waals surface area contributed by atoms with Crippen LogP contribution in [0.15, 0.2) is 24.3 Å². The Morgan fingerprint density at radius 3 is 2.72 bits per heavy atom. The first-order valence-electron chi connectivity index (χ1n) is 8.59. The van der Waals surface area contributed by atoms with E-state index in [9.17, 15) is 19.1 Å². The van der Waals surface area contributed by atoms with E-state index in [1.54, 1.807) is 25.1 Å². The second-order valence-electron chi connectivity index (χ2n) is 6.16. The van der Waals surface area contributed by atoms with Crippen molar-refractivity contribution in [2.75, 3.05) is 6.61 Å². The van der Waals surface area contributed by atoms with Crippen LogP contribution in [0.2, 0.25) is 0 Å². The normalized spacial score (nSPS) is 23.1. The number of hydrogen-bond acceptors (Lipinski definition) is 4. The first kappa shape index (κ1) is 19.3. The Hall–Kier alpha value is -1.99. The van der Waals surface area contributed by atoms with Gasteiger partial charge in [0, 0.05) is 18.5 Å². The van der Waals surface area contributed by atoms with Crippen molar-refractivity contribution in [1.82, 2.24) is 10.6 Å². The zero-order chi connectivity index (χ0) is 18.2. The van der Waals surface area contributed by atoms with Crippen molar-refractivity contribution in [3.05, 3.63) is 35.6 Å². The molecule has 1 saturated heterocycles. The first-order chi connectivity index (χ1) is 12.0. The van der Waals surface area contributed by atoms with E-state index in [1.807, 2.05) is 0 Å². The third kappa shape index (κ3) is 5.79. The average Bonchev–Trinajstić information content (AvgIpc) is 2.62. The second kappa shape index (κ2) is 9.48. The van der Waals surface area contributed by atoms with Crippen molar-refractivity contribution in [1.29, 1.82) is 0 Å². The Bertz CT molecular complexity index is 596. The van der Waals surface area contributed by atoms with Gasteiger partial charge in [0.25, 0.3) is 0 Å². The van der Waals surface area contributed by atoms with Crippen molar-refractivity contribution in [2.45, 2.75) is 57.4 Å². The van der Waals surface area contributed by atoms with E-state index in [0.717, 1.165) is 0 Å². The minimum absolute atomic E-state index is 0.0897. The molecule has 0 bridgehead atoms. The minimum atomic E-state index is -0.520. The van der Waals surface area contributed by atoms with Crippen molar-refractivity contribution in [3.8, 4) is 0 Å². The number of carbonyl (C=O) groups excluding carboxylic acids is 2. The summed E-state index contributed by atoms with van der Waals surface area (Å²) in [5.41, 5.74) is 0.427. The molecule has 2 amide bonds. The molecule has 3 N–H and O–H groups in total. The van der Waals surface area contributed by atoms with Crippen molar-refractivity contribution in [2.24, 2.45) is 0 Å². The molecule has 0 saturated carbocycles. The van der Waals surface area contributed by atoms with Gasteiger partial charge in [-0.1, -0.05) is 25.1 Å². The quantitative estimate of drug-likeness (QED) is 0.690. The summed E-state index contributed by atoms with van der Waals surface area (Å²) in [5, 5.41) is 15.0. The largest absolute Gasteiger partial charge is 0.394 e. The molecule has 2 rings (SSSR count). The van der Waals surface area contributed by atoms with Gasteiger partial charge in [0.2, 0.25) is 11.8 Å². The van der Waals surface area contributed by atoms with Crippen LogP contribution in [0.1, 0.15) is 38.2 Å². The number of nitrogens with one attached hydrogen (secondary N) is 2. The number of aliphatic hydroxyl groups excluding tert-OH is 1. The molecular weight excluding hydrogens is 327 g/mol. The molecule has 1 fully saturated rings. The van der Waals surface area contributed by atoms with E-state index in [1.165, 1.54) is 6.07 Å². The second-order valence-corrected chi connectivity index (χ2v) is 6.16. The van der Waals surface area contributed by atoms with E-state index in [0.29, 0.717) is 24.8 Å². The molecule has 1 aromatic rings. The lowest BCUT2D eigenvalue weighted by Crippen LogP contribution is -2.51. The highest BCUT2D eigenvalue weighted by atomic mass is 19.1. The Morgan fingerprint density at radius 2 is 2.04 bits per heavy atom. The molecular formula is C18H25FN2O4. The van der Waals surface area contributed by atoms with Gasteiger partial charge in [-0.05, 0) is 18.9 Å². The number of benzene rings is 1. The minimum Gasteiger partial charge on any atom is -0.394 e. The summed E-state index contributed by atoms with van der Waals surface area (Å²) in [6, 6.07) is 6.04. The third-order valence-corrected chi connectivity index (χ3v) is 4.31. The smallest absolute Gasteiger partial charge is 0.222 e. The van der Waals surface area contributed by atoms with Crippen LogP contribution < -0.4 is 10.6 Å². The van der Waals surface area contributed by atoms with Crippen molar-refractivity contribution < 1.29 is 23.8 Å². The number of amides is 2. The Labute approximate surface area is 146 Å². The summed E-state index contributed by atoms with van der Waals surface area (Å²) < 4.78 is 19.3. The van der Waals surface area contributed by atoms with Gasteiger partial charge in [0.1, 0.15) is 11.9 Å². The van der Waals surface area contributed by atoms with Gasteiger partial charge in [-0.15, -0.1) is 0 Å². The fourth-order valence-corrected chi connectivity index (χ4v) is 2.87. The SMILES string of the molecule is CCC(=O)N[C@H]1CC[C@H](CC(=O)NCc2ccccc2F)O[C@H]1CO. The van der Waals surface area contributed by atoms with Crippen LogP contribution in [0.25, 0.3) is 0 Å². The molecule has 6 nitrogen and oxygen atoms in total. The topological polar surface area (TPSA) is 87.7 Å². The molecule has 0 radical (unpaired) electrons. The molecule has 138 valence electrons. The highest BCUT2D eigenvalue weighted by Crippen LogP contribution is 2.22. The highest BCUT2D eigenvalue weighted by molar-refractivity contribution is 5.76. The Kier molecular flexibility index (Phi) is 7.33. The number of rotatable bonds is 7. The van der Waals surface area contributed by atoms with E-state index in [-0.39, 0.29) is 49.3 Å². The maximum atomic E-state index is 13.5. The molecule has 0 aliphatic carbocycles. The standard InChI is InChI=1S/C18H25FN2O4/c1-2-17(23)21-15-8-7-13(25-16(15)11-22)9-18(24)20-10-12-5-3-4-6-14(12)19/h3-6,13,15-16,22H,2,7-11H2,1H3,(H,20,24)(H,21,23)/t13-,15+,16+/m1/s1.